The van der Waals surface area contributed by atoms with Gasteiger partial charge in [0.25, 0.3) is 11.8 Å². The Kier molecular flexibility index (Phi) is 5.38. The number of benzene rings is 1. The summed E-state index contributed by atoms with van der Waals surface area (Å²) in [5.74, 6) is -4.93. The number of rotatable bonds is 5. The summed E-state index contributed by atoms with van der Waals surface area (Å²) < 4.78 is 47.1. The van der Waals surface area contributed by atoms with Crippen LogP contribution in [0.1, 0.15) is 31.0 Å². The number of pyridine rings is 1. The third-order valence-electron chi connectivity index (χ3n) is 4.53. The van der Waals surface area contributed by atoms with Crippen molar-refractivity contribution in [1.82, 2.24) is 10.3 Å². The van der Waals surface area contributed by atoms with E-state index in [1.165, 1.54) is 19.4 Å². The molecule has 0 fully saturated rings. The van der Waals surface area contributed by atoms with Crippen molar-refractivity contribution in [2.24, 2.45) is 4.99 Å². The molecule has 0 saturated heterocycles. The molecule has 9 heteroatoms. The van der Waals surface area contributed by atoms with Crippen LogP contribution in [-0.4, -0.2) is 27.9 Å². The Bertz CT molecular complexity index is 938. The minimum atomic E-state index is -3.54. The molecular weight excluding hydrogens is 391 g/mol. The zero-order chi connectivity index (χ0) is 20.5. The summed E-state index contributed by atoms with van der Waals surface area (Å²) >= 11 is 0.621. The Balaban J connectivity index is 1.83. The molecule has 0 bridgehead atoms. The molecule has 1 aromatic carbocycles. The Morgan fingerprint density at radius 1 is 1.29 bits per heavy atom. The fraction of sp³-hybridized carbons (Fsp3) is 0.316. The summed E-state index contributed by atoms with van der Waals surface area (Å²) in [6.07, 6.45) is 1.19. The fourth-order valence-corrected chi connectivity index (χ4v) is 3.93. The molecule has 2 aromatic rings. The largest absolute Gasteiger partial charge is 0.481 e. The smallest absolute Gasteiger partial charge is 0.296 e. The molecular formula is C19H18F3N3O2S. The van der Waals surface area contributed by atoms with Crippen molar-refractivity contribution < 1.29 is 22.7 Å². The summed E-state index contributed by atoms with van der Waals surface area (Å²) in [6.45, 7) is 2.80. The van der Waals surface area contributed by atoms with Crippen LogP contribution in [0, 0.1) is 5.82 Å². The predicted octanol–water partition coefficient (Wildman–Crippen LogP) is 4.06. The van der Waals surface area contributed by atoms with Gasteiger partial charge in [0.1, 0.15) is 5.82 Å². The number of alkyl halides is 2. The molecule has 1 N–H and O–H groups in total. The van der Waals surface area contributed by atoms with Crippen LogP contribution < -0.4 is 10.1 Å². The second kappa shape index (κ2) is 7.46. The van der Waals surface area contributed by atoms with Gasteiger partial charge in [-0.15, -0.1) is 0 Å². The summed E-state index contributed by atoms with van der Waals surface area (Å²) in [5, 5.41) is 2.87. The SMILES string of the molecule is COc1cc(C(F)(F)C2(C)SC(N[C@@H](C)c3ccccc3F)=NC2=O)ccn1. The molecule has 5 nitrogen and oxygen atoms in total. The Morgan fingerprint density at radius 3 is 2.68 bits per heavy atom. The first kappa shape index (κ1) is 20.2. The van der Waals surface area contributed by atoms with Crippen LogP contribution in [0.2, 0.25) is 0 Å². The molecule has 1 unspecified atom stereocenters. The van der Waals surface area contributed by atoms with Crippen LogP contribution in [0.25, 0.3) is 0 Å². The predicted molar refractivity (Wildman–Crippen MR) is 101 cm³/mol. The van der Waals surface area contributed by atoms with E-state index in [1.807, 2.05) is 0 Å². The quantitative estimate of drug-likeness (QED) is 0.807. The van der Waals surface area contributed by atoms with Gasteiger partial charge in [-0.3, -0.25) is 4.79 Å². The Morgan fingerprint density at radius 2 is 2.00 bits per heavy atom. The van der Waals surface area contributed by atoms with Crippen molar-refractivity contribution in [1.29, 1.82) is 0 Å². The lowest BCUT2D eigenvalue weighted by Crippen LogP contribution is -2.45. The molecule has 2 heterocycles. The molecule has 1 aliphatic heterocycles. The van der Waals surface area contributed by atoms with Gasteiger partial charge in [0.15, 0.2) is 9.91 Å². The van der Waals surface area contributed by atoms with E-state index in [1.54, 1.807) is 25.1 Å². The van der Waals surface area contributed by atoms with Gasteiger partial charge >= 0.3 is 0 Å². The van der Waals surface area contributed by atoms with Gasteiger partial charge < -0.3 is 10.1 Å². The van der Waals surface area contributed by atoms with E-state index < -0.39 is 34.0 Å². The van der Waals surface area contributed by atoms with E-state index in [-0.39, 0.29) is 11.0 Å². The molecule has 148 valence electrons. The standard InChI is InChI=1S/C19H18F3N3O2S/c1-11(13-6-4-5-7-14(13)20)24-17-25-16(26)18(2,28-17)19(21,22)12-8-9-23-15(10-12)27-3/h4-11H,1-3H3,(H,24,25,26)/t11-,18?/m0/s1. The van der Waals surface area contributed by atoms with E-state index in [9.17, 15) is 9.18 Å². The molecule has 1 aliphatic rings. The van der Waals surface area contributed by atoms with Crippen LogP contribution >= 0.6 is 11.8 Å². The highest BCUT2D eigenvalue weighted by Gasteiger charge is 2.61. The second-order valence-electron chi connectivity index (χ2n) is 6.41. The van der Waals surface area contributed by atoms with Crippen molar-refractivity contribution in [3.05, 3.63) is 59.5 Å². The van der Waals surface area contributed by atoms with Crippen molar-refractivity contribution in [3.8, 4) is 5.88 Å². The van der Waals surface area contributed by atoms with E-state index in [4.69, 9.17) is 4.74 Å². The first-order valence-corrected chi connectivity index (χ1v) is 9.22. The van der Waals surface area contributed by atoms with E-state index in [0.717, 1.165) is 19.1 Å². The number of amides is 1. The number of halogens is 3. The average Bonchev–Trinajstić information content (AvgIpc) is 2.97. The zero-order valence-electron chi connectivity index (χ0n) is 15.4. The molecule has 2 atom stereocenters. The molecule has 0 aliphatic carbocycles. The van der Waals surface area contributed by atoms with Crippen molar-refractivity contribution >= 4 is 22.8 Å². The third kappa shape index (κ3) is 3.46. The second-order valence-corrected chi connectivity index (χ2v) is 7.81. The molecule has 3 rings (SSSR count). The number of aliphatic imine (C=N–C) groups is 1. The highest BCUT2D eigenvalue weighted by atomic mass is 32.2. The van der Waals surface area contributed by atoms with Crippen molar-refractivity contribution in [3.63, 3.8) is 0 Å². The number of carbonyl (C=O) groups is 1. The lowest BCUT2D eigenvalue weighted by molar-refractivity contribution is -0.130. The van der Waals surface area contributed by atoms with Crippen LogP contribution in [0.3, 0.4) is 0 Å². The summed E-state index contributed by atoms with van der Waals surface area (Å²) in [6, 6.07) is 7.76. The van der Waals surface area contributed by atoms with Gasteiger partial charge in [0.05, 0.1) is 13.2 Å². The third-order valence-corrected chi connectivity index (χ3v) is 5.77. The molecule has 0 radical (unpaired) electrons. The molecule has 28 heavy (non-hydrogen) atoms. The number of nitrogens with one attached hydrogen (secondary N) is 1. The number of ether oxygens (including phenoxy) is 1. The lowest BCUT2D eigenvalue weighted by Gasteiger charge is -2.31. The van der Waals surface area contributed by atoms with Crippen LogP contribution in [0.4, 0.5) is 13.2 Å². The monoisotopic (exact) mass is 409 g/mol. The summed E-state index contributed by atoms with van der Waals surface area (Å²) in [4.78, 5) is 20.0. The number of thioether (sulfide) groups is 1. The number of nitrogens with zero attached hydrogens (tertiary/aromatic N) is 2. The van der Waals surface area contributed by atoms with E-state index in [0.29, 0.717) is 17.3 Å². The molecule has 1 amide bonds. The zero-order valence-corrected chi connectivity index (χ0v) is 16.2. The lowest BCUT2D eigenvalue weighted by atomic mass is 9.95. The van der Waals surface area contributed by atoms with Gasteiger partial charge in [0, 0.05) is 23.4 Å². The van der Waals surface area contributed by atoms with Crippen molar-refractivity contribution in [2.45, 2.75) is 30.6 Å². The maximum absolute atomic E-state index is 15.2. The molecule has 1 aromatic heterocycles. The maximum Gasteiger partial charge on any atom is 0.296 e. The van der Waals surface area contributed by atoms with Gasteiger partial charge in [-0.25, -0.2) is 9.37 Å². The highest BCUT2D eigenvalue weighted by molar-refractivity contribution is 8.16. The van der Waals surface area contributed by atoms with Crippen molar-refractivity contribution in [2.75, 3.05) is 7.11 Å². The van der Waals surface area contributed by atoms with Gasteiger partial charge in [0.2, 0.25) is 5.88 Å². The number of hydrogen-bond donors (Lipinski definition) is 1. The number of amidine groups is 1. The van der Waals surface area contributed by atoms with E-state index >= 15 is 8.78 Å². The Hall–Kier alpha value is -2.55. The van der Waals surface area contributed by atoms with Crippen LogP contribution in [0.5, 0.6) is 5.88 Å². The fourth-order valence-electron chi connectivity index (χ4n) is 2.80. The highest BCUT2D eigenvalue weighted by Crippen LogP contribution is 2.51. The summed E-state index contributed by atoms with van der Waals surface area (Å²) in [5.41, 5.74) is -0.0567. The molecule has 0 spiro atoms. The van der Waals surface area contributed by atoms with Gasteiger partial charge in [-0.2, -0.15) is 13.8 Å². The van der Waals surface area contributed by atoms with Gasteiger partial charge in [-0.1, -0.05) is 30.0 Å². The number of aromatic nitrogens is 1. The normalized spacial score (nSPS) is 20.6. The maximum atomic E-state index is 15.2. The topological polar surface area (TPSA) is 63.6 Å². The van der Waals surface area contributed by atoms with Crippen LogP contribution in [-0.2, 0) is 10.7 Å². The van der Waals surface area contributed by atoms with Crippen LogP contribution in [0.15, 0.2) is 47.6 Å². The first-order chi connectivity index (χ1) is 13.2. The number of carbonyl (C=O) groups excluding carboxylic acids is 1. The molecule has 0 saturated carbocycles. The number of hydrogen-bond acceptors (Lipinski definition) is 5. The minimum absolute atomic E-state index is 0.0173. The first-order valence-electron chi connectivity index (χ1n) is 8.40. The minimum Gasteiger partial charge on any atom is -0.481 e. The Labute approximate surface area is 164 Å². The van der Waals surface area contributed by atoms with Gasteiger partial charge in [-0.05, 0) is 26.0 Å². The van der Waals surface area contributed by atoms with E-state index in [2.05, 4.69) is 15.3 Å². The average molecular weight is 409 g/mol. The number of methoxy groups -OCH3 is 1. The summed E-state index contributed by atoms with van der Waals surface area (Å²) in [7, 11) is 1.32.